The van der Waals surface area contributed by atoms with Crippen molar-refractivity contribution in [2.45, 2.75) is 190 Å². The average molecular weight is 1130 g/mol. The predicted molar refractivity (Wildman–Crippen MR) is 307 cm³/mol. The van der Waals surface area contributed by atoms with E-state index in [1.54, 1.807) is 60.6 Å². The van der Waals surface area contributed by atoms with Gasteiger partial charge in [0.05, 0.1) is 19.2 Å². The first-order valence-corrected chi connectivity index (χ1v) is 28.1. The highest BCUT2D eigenvalue weighted by molar-refractivity contribution is 5.98. The number of aliphatic hydroxyl groups excluding tert-OH is 1. The molecule has 0 rings (SSSR count). The van der Waals surface area contributed by atoms with Gasteiger partial charge in [0.25, 0.3) is 0 Å². The Morgan fingerprint density at radius 2 is 0.963 bits per heavy atom. The molecule has 0 saturated carbocycles. The third kappa shape index (κ3) is 22.1. The van der Waals surface area contributed by atoms with Crippen LogP contribution in [0, 0.1) is 35.5 Å². The Morgan fingerprint density at radius 1 is 0.500 bits per heavy atom. The van der Waals surface area contributed by atoms with E-state index in [9.17, 15) is 53.1 Å². The molecule has 458 valence electrons. The van der Waals surface area contributed by atoms with Crippen LogP contribution in [0.5, 0.6) is 0 Å². The summed E-state index contributed by atoms with van der Waals surface area (Å²) in [6.07, 6.45) is 3.41. The molecule has 80 heavy (non-hydrogen) atoms. The number of nitrogens with one attached hydrogen (secondary N) is 3. The van der Waals surface area contributed by atoms with Crippen molar-refractivity contribution >= 4 is 65.0 Å². The van der Waals surface area contributed by atoms with Crippen LogP contribution in [0.3, 0.4) is 0 Å². The zero-order valence-corrected chi connectivity index (χ0v) is 52.4. The third-order valence-corrected chi connectivity index (χ3v) is 14.5. The molecule has 0 aliphatic heterocycles. The Hall–Kier alpha value is -6.13. The zero-order valence-electron chi connectivity index (χ0n) is 52.4. The van der Waals surface area contributed by atoms with Gasteiger partial charge in [-0.2, -0.15) is 0 Å². The van der Waals surface area contributed by atoms with E-state index in [-0.39, 0.29) is 55.4 Å². The molecular formula is C57H103N11O12. The molecule has 0 aliphatic carbocycles. The third-order valence-electron chi connectivity index (χ3n) is 14.5. The number of rotatable bonds is 33. The van der Waals surface area contributed by atoms with Gasteiger partial charge in [-0.05, 0) is 89.4 Å². The number of nitrogens with zero attached hydrogens (tertiary/aromatic N) is 7. The van der Waals surface area contributed by atoms with E-state index in [1.165, 1.54) is 82.8 Å². The number of nitrogens with two attached hydrogens (primary N) is 1. The summed E-state index contributed by atoms with van der Waals surface area (Å²) in [5, 5.41) is 19.9. The lowest BCUT2D eigenvalue weighted by atomic mass is 9.91. The van der Waals surface area contributed by atoms with Crippen molar-refractivity contribution in [3.8, 4) is 0 Å². The summed E-state index contributed by atoms with van der Waals surface area (Å²) in [6, 6.07) is -9.50. The normalized spacial score (nSPS) is 15.7. The Labute approximate surface area is 477 Å². The summed E-state index contributed by atoms with van der Waals surface area (Å²) >= 11 is 0. The van der Waals surface area contributed by atoms with E-state index in [4.69, 9.17) is 5.73 Å². The molecule has 0 aromatic rings. The van der Waals surface area contributed by atoms with Crippen LogP contribution in [0.25, 0.3) is 0 Å². The number of allylic oxidation sites excluding steroid dienone is 2. The van der Waals surface area contributed by atoms with Gasteiger partial charge >= 0.3 is 0 Å². The topological polar surface area (TPSA) is 293 Å². The maximum Gasteiger partial charge on any atom is 0.246 e. The molecule has 1 unspecified atom stereocenters. The van der Waals surface area contributed by atoms with Gasteiger partial charge in [-0.25, -0.2) is 0 Å². The molecule has 0 aliphatic rings. The molecule has 6 N–H and O–H groups in total. The van der Waals surface area contributed by atoms with Crippen molar-refractivity contribution in [3.05, 3.63) is 12.2 Å². The highest BCUT2D eigenvalue weighted by Gasteiger charge is 2.45. The molecule has 0 heterocycles. The first kappa shape index (κ1) is 73.9. The molecule has 0 aromatic heterocycles. The second-order valence-corrected chi connectivity index (χ2v) is 23.5. The molecular weight excluding hydrogens is 1030 g/mol. The monoisotopic (exact) mass is 1130 g/mol. The van der Waals surface area contributed by atoms with E-state index in [0.717, 1.165) is 14.7 Å². The lowest BCUT2D eigenvalue weighted by molar-refractivity contribution is -0.157. The molecule has 23 nitrogen and oxygen atoms in total. The first-order chi connectivity index (χ1) is 36.8. The van der Waals surface area contributed by atoms with Crippen LogP contribution in [0.15, 0.2) is 12.2 Å². The van der Waals surface area contributed by atoms with Gasteiger partial charge in [-0.1, -0.05) is 88.3 Å². The fourth-order valence-corrected chi connectivity index (χ4v) is 9.47. The van der Waals surface area contributed by atoms with E-state index < -0.39 is 132 Å². The number of carbonyl (C=O) groups is 11. The number of primary amides is 1. The van der Waals surface area contributed by atoms with E-state index in [2.05, 4.69) is 16.0 Å². The second kappa shape index (κ2) is 34.2. The fraction of sp³-hybridized carbons (Fsp3) is 0.772. The van der Waals surface area contributed by atoms with Gasteiger partial charge in [0.2, 0.25) is 65.0 Å². The predicted octanol–water partition coefficient (Wildman–Crippen LogP) is 1.84. The number of likely N-dealkylation sites (N-methyl/N-ethyl adjacent to an activating group) is 7. The molecule has 0 radical (unpaired) electrons. The molecule has 0 spiro atoms. The molecule has 11 amide bonds. The summed E-state index contributed by atoms with van der Waals surface area (Å²) in [7, 11) is 9.89. The van der Waals surface area contributed by atoms with Crippen molar-refractivity contribution in [3.63, 3.8) is 0 Å². The van der Waals surface area contributed by atoms with Crippen LogP contribution in [-0.2, 0) is 52.7 Å². The van der Waals surface area contributed by atoms with Gasteiger partial charge in [-0.15, -0.1) is 0 Å². The Bertz CT molecular complexity index is 2150. The van der Waals surface area contributed by atoms with Crippen LogP contribution in [0.2, 0.25) is 0 Å². The summed E-state index contributed by atoms with van der Waals surface area (Å²) in [6.45, 7) is 25.5. The number of hydrogen-bond donors (Lipinski definition) is 5. The van der Waals surface area contributed by atoms with Gasteiger partial charge in [0.15, 0.2) is 0 Å². The van der Waals surface area contributed by atoms with Crippen LogP contribution >= 0.6 is 0 Å². The van der Waals surface area contributed by atoms with Gasteiger partial charge < -0.3 is 61.1 Å². The first-order valence-electron chi connectivity index (χ1n) is 28.1. The number of aliphatic hydroxyl groups is 1. The average Bonchev–Trinajstić information content (AvgIpc) is 3.37. The van der Waals surface area contributed by atoms with Crippen molar-refractivity contribution in [2.75, 3.05) is 62.4 Å². The number of amides is 11. The molecule has 0 fully saturated rings. The van der Waals surface area contributed by atoms with Crippen LogP contribution < -0.4 is 21.7 Å². The Balaban J connectivity index is 6.92. The summed E-state index contributed by atoms with van der Waals surface area (Å²) in [5.41, 5.74) is 5.23. The summed E-state index contributed by atoms with van der Waals surface area (Å²) < 4.78 is 0. The fourth-order valence-electron chi connectivity index (χ4n) is 9.47. The lowest BCUT2D eigenvalue weighted by Crippen LogP contribution is -2.63. The summed E-state index contributed by atoms with van der Waals surface area (Å²) in [4.78, 5) is 159. The standard InChI is InChI=1S/C57H103N11O12/c1-23-25-26-36(11)48(71)47(51(74)61-41(24-2)54(77)63(17)31-45(70)62(16)30-44(58)69)68(22)57(80)46(35(9)10)67(21)56(79)43(29-34(7)8)66(20)55(78)42(28-33(5)6)65(19)53(76)39(14)60-49(72)38(13)59-50(73)40(15)64(18)52(75)37(12)27-32(3)4/h23,25,32-43,46-48,71H,24,26-31H2,1-22H3,(H2,58,69)(H,59,73)(H,60,72)(H,61,74)/b25-23-/t36-,37-,38-,39+,40+,41+,42-,43-,46+,47?,48+/m1/s1. The van der Waals surface area contributed by atoms with E-state index >= 15 is 4.79 Å². The number of hydrogen-bond acceptors (Lipinski definition) is 12. The number of carbonyl (C=O) groups excluding carboxylic acids is 11. The maximum absolute atomic E-state index is 15.0. The van der Waals surface area contributed by atoms with Crippen molar-refractivity contribution in [2.24, 2.45) is 41.2 Å². The highest BCUT2D eigenvalue weighted by Crippen LogP contribution is 2.25. The van der Waals surface area contributed by atoms with Gasteiger partial charge in [0, 0.05) is 55.3 Å². The zero-order chi connectivity index (χ0) is 62.5. The van der Waals surface area contributed by atoms with Gasteiger partial charge in [-0.3, -0.25) is 52.7 Å². The van der Waals surface area contributed by atoms with Crippen molar-refractivity contribution in [1.82, 2.24) is 50.2 Å². The Morgan fingerprint density at radius 3 is 1.41 bits per heavy atom. The van der Waals surface area contributed by atoms with Gasteiger partial charge in [0.1, 0.15) is 48.3 Å². The smallest absolute Gasteiger partial charge is 0.246 e. The SMILES string of the molecule is C/C=C\C[C@@H](C)[C@H](O)C(C(=O)N[C@@H](CC)C(=O)N(C)CC(=O)N(C)CC(N)=O)N(C)C(=O)[C@H](C(C)C)N(C)C(=O)[C@@H](CC(C)C)N(C)C(=O)[C@@H](CC(C)C)N(C)C(=O)[C@H](C)NC(=O)[C@@H](C)NC(=O)[C@H](C)N(C)C(=O)[C@H](C)CC(C)C. The quantitative estimate of drug-likeness (QED) is 0.0589. The molecule has 23 heteroatoms. The Kier molecular flexibility index (Phi) is 31.6. The molecule has 0 bridgehead atoms. The summed E-state index contributed by atoms with van der Waals surface area (Å²) in [5.74, 6) is -8.35. The van der Waals surface area contributed by atoms with Crippen LogP contribution in [0.4, 0.5) is 0 Å². The van der Waals surface area contributed by atoms with E-state index in [1.807, 2.05) is 41.5 Å². The minimum Gasteiger partial charge on any atom is -0.390 e. The largest absolute Gasteiger partial charge is 0.390 e. The molecule has 11 atom stereocenters. The maximum atomic E-state index is 15.0. The van der Waals surface area contributed by atoms with Crippen LogP contribution in [-0.4, -0.2) is 221 Å². The van der Waals surface area contributed by atoms with Crippen LogP contribution in [0.1, 0.15) is 136 Å². The molecule has 0 aromatic carbocycles. The lowest BCUT2D eigenvalue weighted by Gasteiger charge is -2.41. The highest BCUT2D eigenvalue weighted by atomic mass is 16.3. The minimum absolute atomic E-state index is 0.0593. The second-order valence-electron chi connectivity index (χ2n) is 23.5. The van der Waals surface area contributed by atoms with E-state index in [0.29, 0.717) is 12.8 Å². The molecule has 0 saturated heterocycles. The van der Waals surface area contributed by atoms with Crippen molar-refractivity contribution < 1.29 is 57.8 Å². The van der Waals surface area contributed by atoms with Crippen molar-refractivity contribution in [1.29, 1.82) is 0 Å². The minimum atomic E-state index is -1.59.